The number of carbonyl (C=O) groups excluding carboxylic acids is 2. The standard InChI is InChI=1S/C20H25N3O2/c1-12(18(24)23-20(2,3)4)21-19(25)17-13-8-5-6-10-15(13)22-16-11-7-9-14(16)17/h5-6,8,10,12H,7,9,11H2,1-4H3,(H,21,25)(H,23,24)/t12-/m1/s1. The van der Waals surface area contributed by atoms with E-state index in [0.29, 0.717) is 5.56 Å². The molecule has 5 nitrogen and oxygen atoms in total. The molecule has 0 radical (unpaired) electrons. The van der Waals surface area contributed by atoms with E-state index in [2.05, 4.69) is 10.6 Å². The topological polar surface area (TPSA) is 71.1 Å². The second kappa shape index (κ2) is 6.47. The number of hydrogen-bond acceptors (Lipinski definition) is 3. The van der Waals surface area contributed by atoms with Gasteiger partial charge in [-0.1, -0.05) is 18.2 Å². The van der Waals surface area contributed by atoms with Crippen molar-refractivity contribution in [2.45, 2.75) is 58.5 Å². The van der Waals surface area contributed by atoms with Gasteiger partial charge >= 0.3 is 0 Å². The molecule has 0 fully saturated rings. The lowest BCUT2D eigenvalue weighted by Gasteiger charge is -2.24. The van der Waals surface area contributed by atoms with E-state index in [0.717, 1.165) is 41.4 Å². The van der Waals surface area contributed by atoms with E-state index in [1.807, 2.05) is 45.0 Å². The van der Waals surface area contributed by atoms with E-state index >= 15 is 0 Å². The molecule has 0 saturated carbocycles. The van der Waals surface area contributed by atoms with E-state index in [1.165, 1.54) is 0 Å². The van der Waals surface area contributed by atoms with Crippen molar-refractivity contribution in [3.63, 3.8) is 0 Å². The molecule has 1 heterocycles. The summed E-state index contributed by atoms with van der Waals surface area (Å²) in [5.74, 6) is -0.385. The molecule has 2 amide bonds. The van der Waals surface area contributed by atoms with Crippen molar-refractivity contribution in [1.82, 2.24) is 15.6 Å². The van der Waals surface area contributed by atoms with Gasteiger partial charge in [0.05, 0.1) is 11.1 Å². The van der Waals surface area contributed by atoms with Crippen LogP contribution in [0.15, 0.2) is 24.3 Å². The molecule has 5 heteroatoms. The minimum atomic E-state index is -0.601. The van der Waals surface area contributed by atoms with Crippen LogP contribution >= 0.6 is 0 Å². The van der Waals surface area contributed by atoms with Crippen LogP contribution in [0.3, 0.4) is 0 Å². The lowest BCUT2D eigenvalue weighted by atomic mass is 10.00. The predicted molar refractivity (Wildman–Crippen MR) is 98.6 cm³/mol. The first kappa shape index (κ1) is 17.4. The van der Waals surface area contributed by atoms with Crippen LogP contribution in [-0.2, 0) is 17.6 Å². The predicted octanol–water partition coefficient (Wildman–Crippen LogP) is 2.76. The summed E-state index contributed by atoms with van der Waals surface area (Å²) in [5.41, 5.74) is 3.21. The van der Waals surface area contributed by atoms with Gasteiger partial charge in [-0.05, 0) is 58.6 Å². The maximum absolute atomic E-state index is 13.0. The second-order valence-corrected chi connectivity index (χ2v) is 7.72. The average Bonchev–Trinajstić information content (AvgIpc) is 2.98. The molecule has 0 spiro atoms. The quantitative estimate of drug-likeness (QED) is 0.903. The Balaban J connectivity index is 1.91. The van der Waals surface area contributed by atoms with Crippen molar-refractivity contribution in [3.8, 4) is 0 Å². The molecule has 1 atom stereocenters. The molecule has 0 saturated heterocycles. The number of pyridine rings is 1. The highest BCUT2D eigenvalue weighted by atomic mass is 16.2. The summed E-state index contributed by atoms with van der Waals surface area (Å²) in [7, 11) is 0. The molecule has 0 aliphatic heterocycles. The molecule has 25 heavy (non-hydrogen) atoms. The molecule has 2 aromatic rings. The Morgan fingerprint density at radius 2 is 1.88 bits per heavy atom. The molecule has 1 aromatic heterocycles. The van der Waals surface area contributed by atoms with Gasteiger partial charge < -0.3 is 10.6 Å². The summed E-state index contributed by atoms with van der Waals surface area (Å²) in [6, 6.07) is 7.10. The maximum Gasteiger partial charge on any atom is 0.252 e. The molecule has 3 rings (SSSR count). The van der Waals surface area contributed by atoms with Crippen LogP contribution in [0.1, 0.15) is 55.7 Å². The van der Waals surface area contributed by atoms with Crippen molar-refractivity contribution in [2.75, 3.05) is 0 Å². The number of fused-ring (bicyclic) bond motifs is 2. The number of rotatable bonds is 3. The first-order chi connectivity index (χ1) is 11.8. The summed E-state index contributed by atoms with van der Waals surface area (Å²) in [6.45, 7) is 7.47. The highest BCUT2D eigenvalue weighted by Gasteiger charge is 2.26. The van der Waals surface area contributed by atoms with Crippen molar-refractivity contribution in [3.05, 3.63) is 41.1 Å². The second-order valence-electron chi connectivity index (χ2n) is 7.72. The van der Waals surface area contributed by atoms with Crippen LogP contribution in [0.2, 0.25) is 0 Å². The van der Waals surface area contributed by atoms with Crippen molar-refractivity contribution < 1.29 is 9.59 Å². The van der Waals surface area contributed by atoms with Gasteiger partial charge in [-0.25, -0.2) is 0 Å². The molecular formula is C20H25N3O2. The molecule has 0 bridgehead atoms. The summed E-state index contributed by atoms with van der Waals surface area (Å²) in [5, 5.41) is 6.61. The summed E-state index contributed by atoms with van der Waals surface area (Å²) < 4.78 is 0. The fourth-order valence-corrected chi connectivity index (χ4v) is 3.28. The first-order valence-corrected chi connectivity index (χ1v) is 8.79. The number of nitrogens with zero attached hydrogens (tertiary/aromatic N) is 1. The number of aryl methyl sites for hydroxylation is 1. The maximum atomic E-state index is 13.0. The van der Waals surface area contributed by atoms with Crippen molar-refractivity contribution >= 4 is 22.7 Å². The highest BCUT2D eigenvalue weighted by Crippen LogP contribution is 2.29. The summed E-state index contributed by atoms with van der Waals surface area (Å²) in [4.78, 5) is 30.0. The molecule has 1 aliphatic rings. The van der Waals surface area contributed by atoms with Gasteiger partial charge in [0.2, 0.25) is 5.91 Å². The third kappa shape index (κ3) is 3.65. The van der Waals surface area contributed by atoms with Gasteiger partial charge in [0.15, 0.2) is 0 Å². The molecule has 1 aromatic carbocycles. The van der Waals surface area contributed by atoms with Gasteiger partial charge in [-0.3, -0.25) is 14.6 Å². The normalized spacial score (nSPS) is 14.9. The van der Waals surface area contributed by atoms with Crippen LogP contribution in [0, 0.1) is 0 Å². The number of amides is 2. The Labute approximate surface area is 148 Å². The van der Waals surface area contributed by atoms with Gasteiger partial charge in [0.25, 0.3) is 5.91 Å². The number of carbonyl (C=O) groups is 2. The number of nitrogens with one attached hydrogen (secondary N) is 2. The third-order valence-electron chi connectivity index (χ3n) is 4.39. The average molecular weight is 339 g/mol. The van der Waals surface area contributed by atoms with Crippen LogP contribution < -0.4 is 10.6 Å². The molecule has 0 unspecified atom stereocenters. The fraction of sp³-hybridized carbons (Fsp3) is 0.450. The molecule has 132 valence electrons. The van der Waals surface area contributed by atoms with Gasteiger partial charge in [0, 0.05) is 16.6 Å². The summed E-state index contributed by atoms with van der Waals surface area (Å²) >= 11 is 0. The smallest absolute Gasteiger partial charge is 0.252 e. The molecular weight excluding hydrogens is 314 g/mol. The number of para-hydroxylation sites is 1. The number of aromatic nitrogens is 1. The monoisotopic (exact) mass is 339 g/mol. The zero-order valence-electron chi connectivity index (χ0n) is 15.3. The highest BCUT2D eigenvalue weighted by molar-refractivity contribution is 6.09. The van der Waals surface area contributed by atoms with Gasteiger partial charge in [-0.15, -0.1) is 0 Å². The lowest BCUT2D eigenvalue weighted by Crippen LogP contribution is -2.51. The van der Waals surface area contributed by atoms with Gasteiger partial charge in [-0.2, -0.15) is 0 Å². The zero-order chi connectivity index (χ0) is 18.2. The number of hydrogen-bond donors (Lipinski definition) is 2. The Morgan fingerprint density at radius 3 is 2.60 bits per heavy atom. The van der Waals surface area contributed by atoms with Gasteiger partial charge in [0.1, 0.15) is 6.04 Å². The van der Waals surface area contributed by atoms with E-state index < -0.39 is 6.04 Å². The van der Waals surface area contributed by atoms with Crippen LogP contribution in [0.4, 0.5) is 0 Å². The Hall–Kier alpha value is -2.43. The fourth-order valence-electron chi connectivity index (χ4n) is 3.28. The minimum absolute atomic E-state index is 0.184. The zero-order valence-corrected chi connectivity index (χ0v) is 15.3. The van der Waals surface area contributed by atoms with E-state index in [9.17, 15) is 9.59 Å². The largest absolute Gasteiger partial charge is 0.350 e. The van der Waals surface area contributed by atoms with Crippen molar-refractivity contribution in [1.29, 1.82) is 0 Å². The lowest BCUT2D eigenvalue weighted by molar-refractivity contribution is -0.124. The first-order valence-electron chi connectivity index (χ1n) is 8.79. The van der Waals surface area contributed by atoms with Crippen LogP contribution in [0.5, 0.6) is 0 Å². The Kier molecular flexibility index (Phi) is 4.50. The molecule has 2 N–H and O–H groups in total. The van der Waals surface area contributed by atoms with E-state index in [1.54, 1.807) is 6.92 Å². The Bertz CT molecular complexity index is 837. The Morgan fingerprint density at radius 1 is 1.16 bits per heavy atom. The van der Waals surface area contributed by atoms with Crippen LogP contribution in [-0.4, -0.2) is 28.4 Å². The van der Waals surface area contributed by atoms with E-state index in [4.69, 9.17) is 4.98 Å². The molecule has 1 aliphatic carbocycles. The van der Waals surface area contributed by atoms with E-state index in [-0.39, 0.29) is 17.4 Å². The van der Waals surface area contributed by atoms with Crippen molar-refractivity contribution in [2.24, 2.45) is 0 Å². The SMILES string of the molecule is C[C@@H](NC(=O)c1c2c(nc3ccccc13)CCC2)C(=O)NC(C)(C)C. The minimum Gasteiger partial charge on any atom is -0.350 e. The third-order valence-corrected chi connectivity index (χ3v) is 4.39. The number of benzene rings is 1. The summed E-state index contributed by atoms with van der Waals surface area (Å²) in [6.07, 6.45) is 2.78. The van der Waals surface area contributed by atoms with Crippen LogP contribution in [0.25, 0.3) is 10.9 Å².